The second-order valence-electron chi connectivity index (χ2n) is 3.69. The predicted octanol–water partition coefficient (Wildman–Crippen LogP) is 3.35. The SMILES string of the molecule is Cc1occc1Sc1ccc([N+](=O)[O-])cc1C(=O)O. The number of aromatic carboxylic acids is 1. The maximum absolute atomic E-state index is 11.2. The van der Waals surface area contributed by atoms with Gasteiger partial charge in [-0.2, -0.15) is 0 Å². The lowest BCUT2D eigenvalue weighted by Crippen LogP contribution is -2.00. The van der Waals surface area contributed by atoms with Gasteiger partial charge in [0.15, 0.2) is 0 Å². The molecule has 1 heterocycles. The summed E-state index contributed by atoms with van der Waals surface area (Å²) in [7, 11) is 0. The molecule has 0 amide bonds. The Morgan fingerprint density at radius 2 is 2.11 bits per heavy atom. The van der Waals surface area contributed by atoms with Gasteiger partial charge in [0.25, 0.3) is 5.69 Å². The second-order valence-corrected chi connectivity index (χ2v) is 4.77. The summed E-state index contributed by atoms with van der Waals surface area (Å²) < 4.78 is 5.12. The first-order chi connectivity index (χ1) is 8.99. The van der Waals surface area contributed by atoms with Crippen LogP contribution in [0.2, 0.25) is 0 Å². The highest BCUT2D eigenvalue weighted by Gasteiger charge is 2.17. The molecule has 6 nitrogen and oxygen atoms in total. The van der Waals surface area contributed by atoms with Crippen LogP contribution in [0.4, 0.5) is 5.69 Å². The molecule has 0 radical (unpaired) electrons. The first-order valence-electron chi connectivity index (χ1n) is 5.22. The average Bonchev–Trinajstić information content (AvgIpc) is 2.75. The number of nitro groups is 1. The molecule has 2 aromatic rings. The molecule has 19 heavy (non-hydrogen) atoms. The number of rotatable bonds is 4. The molecule has 1 aromatic carbocycles. The summed E-state index contributed by atoms with van der Waals surface area (Å²) in [6.45, 7) is 1.76. The molecule has 7 heteroatoms. The van der Waals surface area contributed by atoms with Crippen LogP contribution in [0.5, 0.6) is 0 Å². The Bertz CT molecular complexity index is 649. The summed E-state index contributed by atoms with van der Waals surface area (Å²) in [4.78, 5) is 22.4. The van der Waals surface area contributed by atoms with Crippen molar-refractivity contribution >= 4 is 23.4 Å². The van der Waals surface area contributed by atoms with Crippen LogP contribution in [-0.4, -0.2) is 16.0 Å². The van der Waals surface area contributed by atoms with Gasteiger partial charge in [-0.25, -0.2) is 4.79 Å². The van der Waals surface area contributed by atoms with E-state index in [0.29, 0.717) is 10.7 Å². The van der Waals surface area contributed by atoms with Crippen molar-refractivity contribution in [2.24, 2.45) is 0 Å². The number of carboxylic acids is 1. The van der Waals surface area contributed by atoms with Crippen LogP contribution in [0, 0.1) is 17.0 Å². The Morgan fingerprint density at radius 3 is 2.63 bits per heavy atom. The Hall–Kier alpha value is -2.28. The van der Waals surface area contributed by atoms with Crippen molar-refractivity contribution in [1.82, 2.24) is 0 Å². The number of hydrogen-bond donors (Lipinski definition) is 1. The second kappa shape index (κ2) is 5.15. The van der Waals surface area contributed by atoms with E-state index in [9.17, 15) is 14.9 Å². The van der Waals surface area contributed by atoms with Gasteiger partial charge < -0.3 is 9.52 Å². The quantitative estimate of drug-likeness (QED) is 0.681. The largest absolute Gasteiger partial charge is 0.478 e. The van der Waals surface area contributed by atoms with Crippen molar-refractivity contribution in [3.8, 4) is 0 Å². The van der Waals surface area contributed by atoms with Crippen molar-refractivity contribution in [2.75, 3.05) is 0 Å². The highest BCUT2D eigenvalue weighted by Crippen LogP contribution is 2.34. The fraction of sp³-hybridized carbons (Fsp3) is 0.0833. The fourth-order valence-electron chi connectivity index (χ4n) is 1.49. The van der Waals surface area contributed by atoms with E-state index >= 15 is 0 Å². The van der Waals surface area contributed by atoms with E-state index in [1.807, 2.05) is 0 Å². The van der Waals surface area contributed by atoms with Crippen molar-refractivity contribution in [2.45, 2.75) is 16.7 Å². The van der Waals surface area contributed by atoms with Crippen LogP contribution in [0.15, 0.2) is 44.7 Å². The summed E-state index contributed by atoms with van der Waals surface area (Å²) in [5.74, 6) is -0.535. The number of aryl methyl sites for hydroxylation is 1. The number of nitro benzene ring substituents is 1. The highest BCUT2D eigenvalue weighted by atomic mass is 32.2. The van der Waals surface area contributed by atoms with Crippen LogP contribution in [0.1, 0.15) is 16.1 Å². The standard InChI is InChI=1S/C12H9NO5S/c1-7-10(4-5-18-7)19-11-3-2-8(13(16)17)6-9(11)12(14)15/h2-6H,1H3,(H,14,15). The molecule has 0 saturated carbocycles. The van der Waals surface area contributed by atoms with E-state index in [1.165, 1.54) is 30.2 Å². The monoisotopic (exact) mass is 279 g/mol. The maximum atomic E-state index is 11.2. The number of non-ortho nitro benzene ring substituents is 1. The zero-order valence-corrected chi connectivity index (χ0v) is 10.6. The van der Waals surface area contributed by atoms with Gasteiger partial charge in [-0.05, 0) is 19.1 Å². The van der Waals surface area contributed by atoms with E-state index in [2.05, 4.69) is 0 Å². The Balaban J connectivity index is 2.43. The molecule has 1 aromatic heterocycles. The van der Waals surface area contributed by atoms with Crippen molar-refractivity contribution in [3.05, 3.63) is 52.0 Å². The Morgan fingerprint density at radius 1 is 1.37 bits per heavy atom. The van der Waals surface area contributed by atoms with Crippen LogP contribution in [-0.2, 0) is 0 Å². The number of carboxylic acid groups (broad SMARTS) is 1. The number of benzene rings is 1. The van der Waals surface area contributed by atoms with Gasteiger partial charge in [0, 0.05) is 17.0 Å². The average molecular weight is 279 g/mol. The molecule has 2 rings (SSSR count). The van der Waals surface area contributed by atoms with Crippen LogP contribution >= 0.6 is 11.8 Å². The minimum atomic E-state index is -1.20. The van der Waals surface area contributed by atoms with Gasteiger partial charge in [-0.15, -0.1) is 0 Å². The molecular weight excluding hydrogens is 270 g/mol. The first kappa shape index (κ1) is 13.2. The topological polar surface area (TPSA) is 93.6 Å². The third-order valence-corrected chi connectivity index (χ3v) is 3.65. The third kappa shape index (κ3) is 2.76. The molecule has 0 aliphatic heterocycles. The van der Waals surface area contributed by atoms with Gasteiger partial charge in [0.05, 0.1) is 21.6 Å². The Labute approximate surface area is 112 Å². The van der Waals surface area contributed by atoms with Crippen LogP contribution < -0.4 is 0 Å². The summed E-state index contributed by atoms with van der Waals surface area (Å²) >= 11 is 1.20. The minimum Gasteiger partial charge on any atom is -0.478 e. The number of carbonyl (C=O) groups is 1. The number of furan rings is 1. The van der Waals surface area contributed by atoms with E-state index in [4.69, 9.17) is 9.52 Å². The van der Waals surface area contributed by atoms with E-state index in [1.54, 1.807) is 13.0 Å². The lowest BCUT2D eigenvalue weighted by atomic mass is 10.2. The maximum Gasteiger partial charge on any atom is 0.337 e. The smallest absolute Gasteiger partial charge is 0.337 e. The first-order valence-corrected chi connectivity index (χ1v) is 6.04. The molecule has 0 spiro atoms. The van der Waals surface area contributed by atoms with Crippen molar-refractivity contribution < 1.29 is 19.2 Å². The molecule has 0 aliphatic rings. The summed E-state index contributed by atoms with van der Waals surface area (Å²) in [6.07, 6.45) is 1.50. The van der Waals surface area contributed by atoms with Crippen molar-refractivity contribution in [1.29, 1.82) is 0 Å². The Kier molecular flexibility index (Phi) is 3.57. The minimum absolute atomic E-state index is 0.0974. The zero-order chi connectivity index (χ0) is 14.0. The number of nitrogens with zero attached hydrogens (tertiary/aromatic N) is 1. The molecule has 0 aliphatic carbocycles. The zero-order valence-electron chi connectivity index (χ0n) is 9.82. The molecular formula is C12H9NO5S. The molecule has 98 valence electrons. The normalized spacial score (nSPS) is 10.4. The molecule has 0 atom stereocenters. The van der Waals surface area contributed by atoms with Crippen molar-refractivity contribution in [3.63, 3.8) is 0 Å². The molecule has 0 fully saturated rings. The molecule has 0 unspecified atom stereocenters. The lowest BCUT2D eigenvalue weighted by Gasteiger charge is -2.04. The predicted molar refractivity (Wildman–Crippen MR) is 67.6 cm³/mol. The molecule has 0 saturated heterocycles. The molecule has 0 bridgehead atoms. The number of hydrogen-bond acceptors (Lipinski definition) is 5. The fourth-order valence-corrected chi connectivity index (χ4v) is 2.43. The van der Waals surface area contributed by atoms with Crippen LogP contribution in [0.25, 0.3) is 0 Å². The summed E-state index contributed by atoms with van der Waals surface area (Å²) in [5, 5.41) is 19.8. The van der Waals surface area contributed by atoms with Gasteiger partial charge in [0.2, 0.25) is 0 Å². The lowest BCUT2D eigenvalue weighted by molar-refractivity contribution is -0.384. The van der Waals surface area contributed by atoms with Gasteiger partial charge in [0.1, 0.15) is 5.76 Å². The summed E-state index contributed by atoms with van der Waals surface area (Å²) in [6, 6.07) is 5.48. The third-order valence-electron chi connectivity index (χ3n) is 2.44. The van der Waals surface area contributed by atoms with Crippen LogP contribution in [0.3, 0.4) is 0 Å². The van der Waals surface area contributed by atoms with Gasteiger partial charge in [-0.1, -0.05) is 11.8 Å². The van der Waals surface area contributed by atoms with E-state index < -0.39 is 10.9 Å². The van der Waals surface area contributed by atoms with Gasteiger partial charge in [-0.3, -0.25) is 10.1 Å². The van der Waals surface area contributed by atoms with E-state index in [-0.39, 0.29) is 11.3 Å². The molecule has 1 N–H and O–H groups in total. The van der Waals surface area contributed by atoms with Gasteiger partial charge >= 0.3 is 5.97 Å². The highest BCUT2D eigenvalue weighted by molar-refractivity contribution is 7.99. The summed E-state index contributed by atoms with van der Waals surface area (Å²) in [5.41, 5.74) is -0.342. The van der Waals surface area contributed by atoms with E-state index in [0.717, 1.165) is 11.0 Å².